The highest BCUT2D eigenvalue weighted by Crippen LogP contribution is 2.32. The van der Waals surface area contributed by atoms with Gasteiger partial charge in [-0.1, -0.05) is 19.3 Å². The van der Waals surface area contributed by atoms with Crippen LogP contribution in [0.5, 0.6) is 0 Å². The lowest BCUT2D eigenvalue weighted by molar-refractivity contribution is 0.252. The van der Waals surface area contributed by atoms with Crippen LogP contribution in [0, 0.1) is 12.7 Å². The Labute approximate surface area is 180 Å². The van der Waals surface area contributed by atoms with Crippen molar-refractivity contribution >= 4 is 23.2 Å². The highest BCUT2D eigenvalue weighted by Gasteiger charge is 2.30. The monoisotopic (exact) mass is 420 g/mol. The molecule has 1 aliphatic rings. The van der Waals surface area contributed by atoms with E-state index < -0.39 is 11.8 Å². The third kappa shape index (κ3) is 4.79. The van der Waals surface area contributed by atoms with Gasteiger partial charge < -0.3 is 11.1 Å². The van der Waals surface area contributed by atoms with Crippen molar-refractivity contribution in [2.45, 2.75) is 45.1 Å². The predicted molar refractivity (Wildman–Crippen MR) is 119 cm³/mol. The molecule has 8 heteroatoms. The van der Waals surface area contributed by atoms with E-state index >= 15 is 0 Å². The summed E-state index contributed by atoms with van der Waals surface area (Å²) >= 11 is 0. The Balaban J connectivity index is 1.71. The molecular weight excluding hydrogens is 395 g/mol. The van der Waals surface area contributed by atoms with Crippen LogP contribution in [0.2, 0.25) is 0 Å². The highest BCUT2D eigenvalue weighted by atomic mass is 19.1. The first-order chi connectivity index (χ1) is 15.0. The number of hydrogen-bond acceptors (Lipinski definition) is 5. The van der Waals surface area contributed by atoms with Gasteiger partial charge in [0.25, 0.3) is 0 Å². The average Bonchev–Trinajstić information content (AvgIpc) is 2.77. The summed E-state index contributed by atoms with van der Waals surface area (Å²) in [4.78, 5) is 27.8. The molecule has 4 rings (SSSR count). The first-order valence-corrected chi connectivity index (χ1v) is 10.4. The number of pyridine rings is 3. The fourth-order valence-electron chi connectivity index (χ4n) is 3.87. The molecule has 1 fully saturated rings. The van der Waals surface area contributed by atoms with Gasteiger partial charge in [0.05, 0.1) is 29.5 Å². The minimum absolute atomic E-state index is 0.0449. The highest BCUT2D eigenvalue weighted by molar-refractivity contribution is 6.03. The molecule has 3 heterocycles. The number of rotatable bonds is 4. The summed E-state index contributed by atoms with van der Waals surface area (Å²) in [6, 6.07) is 8.20. The van der Waals surface area contributed by atoms with E-state index in [-0.39, 0.29) is 11.7 Å². The Morgan fingerprint density at radius 2 is 1.94 bits per heavy atom. The number of carbonyl (C=O) groups is 1. The van der Waals surface area contributed by atoms with Crippen molar-refractivity contribution in [2.75, 3.05) is 16.0 Å². The van der Waals surface area contributed by atoms with E-state index in [4.69, 9.17) is 10.7 Å². The van der Waals surface area contributed by atoms with Gasteiger partial charge in [-0.2, -0.15) is 0 Å². The molecule has 1 saturated carbocycles. The third-order valence-electron chi connectivity index (χ3n) is 5.46. The number of amides is 2. The van der Waals surface area contributed by atoms with Crippen molar-refractivity contribution < 1.29 is 9.18 Å². The number of nitrogens with zero attached hydrogens (tertiary/aromatic N) is 4. The van der Waals surface area contributed by atoms with Gasteiger partial charge >= 0.3 is 6.03 Å². The molecule has 0 aliphatic heterocycles. The van der Waals surface area contributed by atoms with Crippen LogP contribution in [0.15, 0.2) is 48.9 Å². The summed E-state index contributed by atoms with van der Waals surface area (Å²) < 4.78 is 13.6. The maximum absolute atomic E-state index is 13.6. The van der Waals surface area contributed by atoms with Crippen LogP contribution in [0.1, 0.15) is 37.8 Å². The van der Waals surface area contributed by atoms with Crippen LogP contribution in [-0.4, -0.2) is 27.0 Å². The molecule has 0 radical (unpaired) electrons. The molecule has 3 aromatic rings. The average molecular weight is 420 g/mol. The predicted octanol–water partition coefficient (Wildman–Crippen LogP) is 4.94. The first kappa shape index (κ1) is 20.7. The van der Waals surface area contributed by atoms with Gasteiger partial charge in [0, 0.05) is 29.6 Å². The van der Waals surface area contributed by atoms with Gasteiger partial charge in [0.15, 0.2) is 5.82 Å². The number of anilines is 3. The van der Waals surface area contributed by atoms with Crippen LogP contribution < -0.4 is 16.0 Å². The van der Waals surface area contributed by atoms with E-state index in [0.717, 1.165) is 49.6 Å². The molecule has 0 atom stereocenters. The zero-order valence-corrected chi connectivity index (χ0v) is 17.4. The van der Waals surface area contributed by atoms with E-state index in [1.54, 1.807) is 17.2 Å². The van der Waals surface area contributed by atoms with E-state index in [1.807, 2.05) is 25.1 Å². The van der Waals surface area contributed by atoms with Crippen molar-refractivity contribution in [1.82, 2.24) is 15.0 Å². The Kier molecular flexibility index (Phi) is 6.06. The fourth-order valence-corrected chi connectivity index (χ4v) is 3.87. The summed E-state index contributed by atoms with van der Waals surface area (Å²) in [5.74, 6) is -0.125. The summed E-state index contributed by atoms with van der Waals surface area (Å²) in [5, 5.41) is 2.75. The number of nitrogen functional groups attached to an aromatic ring is 1. The maximum atomic E-state index is 13.6. The number of carbonyl (C=O) groups excluding carboxylic acids is 1. The fraction of sp³-hybridized carbons (Fsp3) is 0.304. The van der Waals surface area contributed by atoms with E-state index in [0.29, 0.717) is 17.2 Å². The summed E-state index contributed by atoms with van der Waals surface area (Å²) in [7, 11) is 0. The van der Waals surface area contributed by atoms with Crippen LogP contribution in [0.4, 0.5) is 26.4 Å². The van der Waals surface area contributed by atoms with Gasteiger partial charge in [-0.3, -0.25) is 14.9 Å². The van der Waals surface area contributed by atoms with Gasteiger partial charge in [-0.25, -0.2) is 14.2 Å². The van der Waals surface area contributed by atoms with Crippen molar-refractivity contribution in [2.24, 2.45) is 0 Å². The Morgan fingerprint density at radius 1 is 1.13 bits per heavy atom. The van der Waals surface area contributed by atoms with Crippen molar-refractivity contribution in [3.8, 4) is 11.3 Å². The topological polar surface area (TPSA) is 97.0 Å². The molecule has 160 valence electrons. The SMILES string of the molecule is Cc1ccc(-c2ccc(N)c(N(C(=O)Nc3cncc(F)c3)C3CCCCC3)n2)cn1. The third-order valence-corrected chi connectivity index (χ3v) is 5.46. The van der Waals surface area contributed by atoms with Crippen LogP contribution in [0.3, 0.4) is 0 Å². The first-order valence-electron chi connectivity index (χ1n) is 10.4. The van der Waals surface area contributed by atoms with Crippen molar-refractivity contribution in [1.29, 1.82) is 0 Å². The molecule has 1 aliphatic carbocycles. The minimum atomic E-state index is -0.520. The lowest BCUT2D eigenvalue weighted by Crippen LogP contribution is -2.45. The maximum Gasteiger partial charge on any atom is 0.327 e. The van der Waals surface area contributed by atoms with E-state index in [9.17, 15) is 9.18 Å². The number of halogens is 1. The van der Waals surface area contributed by atoms with Crippen molar-refractivity contribution in [3.63, 3.8) is 0 Å². The molecule has 0 spiro atoms. The minimum Gasteiger partial charge on any atom is -0.396 e. The quantitative estimate of drug-likeness (QED) is 0.623. The van der Waals surface area contributed by atoms with E-state index in [2.05, 4.69) is 15.3 Å². The van der Waals surface area contributed by atoms with Gasteiger partial charge in [0.2, 0.25) is 0 Å². The molecule has 0 bridgehead atoms. The molecule has 0 saturated heterocycles. The summed E-state index contributed by atoms with van der Waals surface area (Å²) in [6.45, 7) is 1.92. The molecule has 3 N–H and O–H groups in total. The van der Waals surface area contributed by atoms with E-state index in [1.165, 1.54) is 12.3 Å². The zero-order chi connectivity index (χ0) is 21.8. The molecule has 0 unspecified atom stereocenters. The molecule has 2 amide bonds. The Morgan fingerprint density at radius 3 is 2.65 bits per heavy atom. The van der Waals surface area contributed by atoms with Crippen LogP contribution in [0.25, 0.3) is 11.3 Å². The van der Waals surface area contributed by atoms with Gasteiger partial charge in [0.1, 0.15) is 5.82 Å². The number of urea groups is 1. The standard InChI is InChI=1S/C23H25FN6O/c1-15-7-8-16(12-27-15)21-10-9-20(25)22(29-21)30(19-5-3-2-4-6-19)23(31)28-18-11-17(24)13-26-14-18/h7-14,19H,2-6,25H2,1H3,(H,28,31). The molecule has 31 heavy (non-hydrogen) atoms. The Bertz CT molecular complexity index is 1070. The second-order valence-electron chi connectivity index (χ2n) is 7.78. The van der Waals surface area contributed by atoms with Gasteiger partial charge in [-0.05, 0) is 44.0 Å². The lowest BCUT2D eigenvalue weighted by Gasteiger charge is -2.34. The Hall–Kier alpha value is -3.55. The largest absolute Gasteiger partial charge is 0.396 e. The van der Waals surface area contributed by atoms with Crippen molar-refractivity contribution in [3.05, 3.63) is 60.4 Å². The number of aryl methyl sites for hydroxylation is 1. The van der Waals surface area contributed by atoms with Gasteiger partial charge in [-0.15, -0.1) is 0 Å². The smallest absolute Gasteiger partial charge is 0.327 e. The lowest BCUT2D eigenvalue weighted by atomic mass is 9.94. The molecule has 0 aromatic carbocycles. The zero-order valence-electron chi connectivity index (χ0n) is 17.4. The van der Waals surface area contributed by atoms with Crippen LogP contribution in [-0.2, 0) is 0 Å². The number of nitrogens with two attached hydrogens (primary N) is 1. The second kappa shape index (κ2) is 9.07. The number of aromatic nitrogens is 3. The second-order valence-corrected chi connectivity index (χ2v) is 7.78. The normalized spacial score (nSPS) is 14.3. The molecular formula is C23H25FN6O. The number of hydrogen-bond donors (Lipinski definition) is 2. The number of nitrogens with one attached hydrogen (secondary N) is 1. The summed E-state index contributed by atoms with van der Waals surface area (Å²) in [6.07, 6.45) is 9.14. The molecule has 7 nitrogen and oxygen atoms in total. The summed E-state index contributed by atoms with van der Waals surface area (Å²) in [5.41, 5.74) is 9.39. The molecule has 3 aromatic heterocycles. The van der Waals surface area contributed by atoms with Crippen LogP contribution >= 0.6 is 0 Å².